The van der Waals surface area contributed by atoms with E-state index in [9.17, 15) is 0 Å². The maximum atomic E-state index is 5.65. The Kier molecular flexibility index (Phi) is 11.3. The number of ether oxygens (including phenoxy) is 2. The second kappa shape index (κ2) is 10.8. The first kappa shape index (κ1) is 17.9. The van der Waals surface area contributed by atoms with Gasteiger partial charge in [0.2, 0.25) is 0 Å². The molecule has 0 fully saturated rings. The smallest absolute Gasteiger partial charge is 0.0487 e. The molecule has 0 spiro atoms. The molecule has 0 saturated carbocycles. The zero-order chi connectivity index (χ0) is 13.1. The molecule has 104 valence electrons. The lowest BCUT2D eigenvalue weighted by molar-refractivity contribution is 0.0811. The summed E-state index contributed by atoms with van der Waals surface area (Å²) in [5.41, 5.74) is 0.329. The molecule has 2 nitrogen and oxygen atoms in total. The molecule has 0 bridgehead atoms. The average Bonchev–Trinajstić information content (AvgIpc) is 2.31. The summed E-state index contributed by atoms with van der Waals surface area (Å²) in [5.74, 6) is 0.721. The van der Waals surface area contributed by atoms with Crippen molar-refractivity contribution in [2.75, 3.05) is 37.6 Å². The van der Waals surface area contributed by atoms with E-state index in [1.807, 2.05) is 0 Å². The largest absolute Gasteiger partial charge is 0.385 e. The summed E-state index contributed by atoms with van der Waals surface area (Å²) < 4.78 is 10.6. The van der Waals surface area contributed by atoms with Crippen molar-refractivity contribution in [3.05, 3.63) is 0 Å². The highest BCUT2D eigenvalue weighted by atomic mass is 79.9. The van der Waals surface area contributed by atoms with Crippen LogP contribution in [0.25, 0.3) is 0 Å². The first-order chi connectivity index (χ1) is 8.10. The van der Waals surface area contributed by atoms with Crippen molar-refractivity contribution in [1.82, 2.24) is 0 Å². The molecular formula is C13H26Br2O2. The van der Waals surface area contributed by atoms with Crippen molar-refractivity contribution in [1.29, 1.82) is 0 Å². The van der Waals surface area contributed by atoms with Crippen LogP contribution in [0.4, 0.5) is 0 Å². The van der Waals surface area contributed by atoms with Gasteiger partial charge in [-0.25, -0.2) is 0 Å². The third kappa shape index (κ3) is 8.57. The molecule has 0 aliphatic carbocycles. The Hall–Kier alpha value is 0.880. The van der Waals surface area contributed by atoms with Crippen LogP contribution in [0, 0.1) is 11.3 Å². The van der Waals surface area contributed by atoms with Crippen molar-refractivity contribution in [3.8, 4) is 0 Å². The maximum Gasteiger partial charge on any atom is 0.0487 e. The normalized spacial score (nSPS) is 12.4. The van der Waals surface area contributed by atoms with Crippen molar-refractivity contribution < 1.29 is 9.47 Å². The van der Waals surface area contributed by atoms with Gasteiger partial charge in [-0.3, -0.25) is 0 Å². The second-order valence-corrected chi connectivity index (χ2v) is 6.20. The SMILES string of the molecule is COCCCOCCC(CBr)(CBr)CC(C)C. The van der Waals surface area contributed by atoms with Gasteiger partial charge in [0.1, 0.15) is 0 Å². The van der Waals surface area contributed by atoms with E-state index in [4.69, 9.17) is 9.47 Å². The van der Waals surface area contributed by atoms with Gasteiger partial charge in [0.15, 0.2) is 0 Å². The van der Waals surface area contributed by atoms with Crippen LogP contribution < -0.4 is 0 Å². The predicted octanol–water partition coefficient (Wildman–Crippen LogP) is 4.25. The predicted molar refractivity (Wildman–Crippen MR) is 81.4 cm³/mol. The summed E-state index contributed by atoms with van der Waals surface area (Å²) in [7, 11) is 1.73. The van der Waals surface area contributed by atoms with E-state index in [-0.39, 0.29) is 0 Å². The Labute approximate surface area is 123 Å². The summed E-state index contributed by atoms with van der Waals surface area (Å²) in [6.45, 7) is 6.98. The zero-order valence-corrected chi connectivity index (χ0v) is 14.5. The van der Waals surface area contributed by atoms with Crippen LogP contribution in [-0.4, -0.2) is 37.6 Å². The number of hydrogen-bond acceptors (Lipinski definition) is 2. The van der Waals surface area contributed by atoms with E-state index in [2.05, 4.69) is 45.7 Å². The Morgan fingerprint density at radius 2 is 1.71 bits per heavy atom. The van der Waals surface area contributed by atoms with Crippen molar-refractivity contribution >= 4 is 31.9 Å². The van der Waals surface area contributed by atoms with Gasteiger partial charge in [-0.05, 0) is 30.6 Å². The topological polar surface area (TPSA) is 18.5 Å². The number of hydrogen-bond donors (Lipinski definition) is 0. The number of rotatable bonds is 11. The van der Waals surface area contributed by atoms with Gasteiger partial charge in [-0.1, -0.05) is 45.7 Å². The van der Waals surface area contributed by atoms with Crippen molar-refractivity contribution in [3.63, 3.8) is 0 Å². The molecule has 0 aromatic heterocycles. The number of methoxy groups -OCH3 is 1. The minimum Gasteiger partial charge on any atom is -0.385 e. The van der Waals surface area contributed by atoms with Gasteiger partial charge in [-0.2, -0.15) is 0 Å². The minimum absolute atomic E-state index is 0.329. The van der Waals surface area contributed by atoms with Crippen LogP contribution in [-0.2, 0) is 9.47 Å². The summed E-state index contributed by atoms with van der Waals surface area (Å²) in [6, 6.07) is 0. The van der Waals surface area contributed by atoms with Gasteiger partial charge < -0.3 is 9.47 Å². The number of halogens is 2. The summed E-state index contributed by atoms with van der Waals surface area (Å²) in [6.07, 6.45) is 3.32. The molecule has 0 N–H and O–H groups in total. The lowest BCUT2D eigenvalue weighted by Crippen LogP contribution is -2.28. The van der Waals surface area contributed by atoms with Gasteiger partial charge in [-0.15, -0.1) is 0 Å². The summed E-state index contributed by atoms with van der Waals surface area (Å²) in [5, 5.41) is 2.07. The highest BCUT2D eigenvalue weighted by molar-refractivity contribution is 9.09. The van der Waals surface area contributed by atoms with Crippen LogP contribution in [0.3, 0.4) is 0 Å². The lowest BCUT2D eigenvalue weighted by atomic mass is 9.81. The molecule has 0 heterocycles. The molecule has 17 heavy (non-hydrogen) atoms. The van der Waals surface area contributed by atoms with Gasteiger partial charge >= 0.3 is 0 Å². The molecular weight excluding hydrogens is 348 g/mol. The first-order valence-corrected chi connectivity index (χ1v) is 8.53. The quantitative estimate of drug-likeness (QED) is 0.398. The molecule has 0 atom stereocenters. The molecule has 0 radical (unpaired) electrons. The van der Waals surface area contributed by atoms with Crippen LogP contribution in [0.1, 0.15) is 33.1 Å². The van der Waals surface area contributed by atoms with Gasteiger partial charge in [0, 0.05) is 37.6 Å². The third-order valence-corrected chi connectivity index (χ3v) is 5.20. The van der Waals surface area contributed by atoms with E-state index in [0.29, 0.717) is 5.41 Å². The van der Waals surface area contributed by atoms with E-state index in [0.717, 1.165) is 49.2 Å². The molecule has 0 saturated heterocycles. The van der Waals surface area contributed by atoms with E-state index >= 15 is 0 Å². The fraction of sp³-hybridized carbons (Fsp3) is 1.00. The molecule has 0 aromatic rings. The molecule has 0 aliphatic rings. The zero-order valence-electron chi connectivity index (χ0n) is 11.3. The third-order valence-electron chi connectivity index (χ3n) is 2.82. The minimum atomic E-state index is 0.329. The molecule has 0 aromatic carbocycles. The van der Waals surface area contributed by atoms with Crippen molar-refractivity contribution in [2.45, 2.75) is 33.1 Å². The lowest BCUT2D eigenvalue weighted by Gasteiger charge is -2.31. The van der Waals surface area contributed by atoms with Crippen molar-refractivity contribution in [2.24, 2.45) is 11.3 Å². The fourth-order valence-electron chi connectivity index (χ4n) is 1.94. The first-order valence-electron chi connectivity index (χ1n) is 6.29. The summed E-state index contributed by atoms with van der Waals surface area (Å²) >= 11 is 7.30. The van der Waals surface area contributed by atoms with Crippen LogP contribution >= 0.6 is 31.9 Å². The average molecular weight is 374 g/mol. The molecule has 4 heteroatoms. The van der Waals surface area contributed by atoms with E-state index < -0.39 is 0 Å². The van der Waals surface area contributed by atoms with Crippen LogP contribution in [0.2, 0.25) is 0 Å². The standard InChI is InChI=1S/C13H26Br2O2/c1-12(2)9-13(10-14,11-15)5-8-17-7-4-6-16-3/h12H,4-11H2,1-3H3. The molecule has 0 amide bonds. The Morgan fingerprint density at radius 3 is 2.18 bits per heavy atom. The Bertz CT molecular complexity index is 171. The van der Waals surface area contributed by atoms with Gasteiger partial charge in [0.25, 0.3) is 0 Å². The van der Waals surface area contributed by atoms with Gasteiger partial charge in [0.05, 0.1) is 0 Å². The molecule has 0 rings (SSSR count). The van der Waals surface area contributed by atoms with E-state index in [1.165, 1.54) is 6.42 Å². The highest BCUT2D eigenvalue weighted by Crippen LogP contribution is 2.34. The van der Waals surface area contributed by atoms with Crippen LogP contribution in [0.15, 0.2) is 0 Å². The maximum absolute atomic E-state index is 5.65. The fourth-order valence-corrected chi connectivity index (χ4v) is 3.89. The Balaban J connectivity index is 3.84. The molecule has 0 unspecified atom stereocenters. The van der Waals surface area contributed by atoms with Crippen LogP contribution in [0.5, 0.6) is 0 Å². The number of alkyl halides is 2. The van der Waals surface area contributed by atoms with E-state index in [1.54, 1.807) is 7.11 Å². The monoisotopic (exact) mass is 372 g/mol. The summed E-state index contributed by atoms with van der Waals surface area (Å²) in [4.78, 5) is 0. The second-order valence-electron chi connectivity index (χ2n) is 5.07. The molecule has 0 aliphatic heterocycles. The highest BCUT2D eigenvalue weighted by Gasteiger charge is 2.28. The Morgan fingerprint density at radius 1 is 1.06 bits per heavy atom.